The van der Waals surface area contributed by atoms with Gasteiger partial charge in [-0.15, -0.1) is 0 Å². The largest absolute Gasteiger partial charge is 0.384 e. The van der Waals surface area contributed by atoms with Crippen LogP contribution in [0.25, 0.3) is 0 Å². The first kappa shape index (κ1) is 9.97. The van der Waals surface area contributed by atoms with Gasteiger partial charge in [0, 0.05) is 0 Å². The molecule has 1 aliphatic heterocycles. The van der Waals surface area contributed by atoms with Crippen molar-refractivity contribution < 1.29 is 9.59 Å². The molecule has 0 saturated carbocycles. The maximum Gasteiger partial charge on any atom is 0.289 e. The van der Waals surface area contributed by atoms with E-state index in [4.69, 9.17) is 5.73 Å². The maximum atomic E-state index is 11.3. The van der Waals surface area contributed by atoms with Crippen LogP contribution in [0.15, 0.2) is 18.2 Å². The Morgan fingerprint density at radius 1 is 1.47 bits per heavy atom. The molecule has 2 N–H and O–H groups in total. The first-order chi connectivity index (χ1) is 7.16. The first-order valence-electron chi connectivity index (χ1n) is 4.35. The highest BCUT2D eigenvalue weighted by atomic mass is 32.2. The number of carbonyl (C=O) groups excluding carboxylic acids is 2. The minimum Gasteiger partial charge on any atom is -0.384 e. The summed E-state index contributed by atoms with van der Waals surface area (Å²) in [5, 5.41) is -0.218. The molecule has 1 fully saturated rings. The van der Waals surface area contributed by atoms with Crippen molar-refractivity contribution in [2.75, 3.05) is 11.5 Å². The molecule has 0 aliphatic carbocycles. The van der Waals surface area contributed by atoms with Crippen molar-refractivity contribution in [3.05, 3.63) is 23.9 Å². The molecule has 0 radical (unpaired) electrons. The van der Waals surface area contributed by atoms with Crippen LogP contribution in [0.3, 0.4) is 0 Å². The number of aromatic nitrogens is 1. The van der Waals surface area contributed by atoms with E-state index in [1.807, 2.05) is 0 Å². The zero-order valence-electron chi connectivity index (χ0n) is 7.84. The lowest BCUT2D eigenvalue weighted by atomic mass is 10.3. The normalized spacial score (nSPS) is 16.1. The average Bonchev–Trinajstić information content (AvgIpc) is 2.50. The lowest BCUT2D eigenvalue weighted by molar-refractivity contribution is -0.125. The number of hydrogen-bond donors (Lipinski definition) is 1. The molecule has 0 atom stereocenters. The van der Waals surface area contributed by atoms with E-state index in [1.165, 1.54) is 4.90 Å². The second-order valence-corrected chi connectivity index (χ2v) is 4.01. The van der Waals surface area contributed by atoms with E-state index < -0.39 is 0 Å². The van der Waals surface area contributed by atoms with Crippen molar-refractivity contribution in [1.82, 2.24) is 9.88 Å². The van der Waals surface area contributed by atoms with E-state index in [0.29, 0.717) is 11.5 Å². The zero-order valence-corrected chi connectivity index (χ0v) is 8.66. The summed E-state index contributed by atoms with van der Waals surface area (Å²) in [6, 6.07) is 5.14. The van der Waals surface area contributed by atoms with E-state index in [0.717, 1.165) is 11.8 Å². The monoisotopic (exact) mass is 223 g/mol. The SMILES string of the molecule is Nc1cccc(CN2C(=O)CSC2=O)n1. The number of anilines is 1. The first-order valence-corrected chi connectivity index (χ1v) is 5.34. The van der Waals surface area contributed by atoms with Crippen LogP contribution < -0.4 is 5.73 Å². The molecule has 1 aromatic rings. The summed E-state index contributed by atoms with van der Waals surface area (Å²) in [4.78, 5) is 27.8. The van der Waals surface area contributed by atoms with E-state index in [-0.39, 0.29) is 23.4 Å². The lowest BCUT2D eigenvalue weighted by Gasteiger charge is -2.11. The van der Waals surface area contributed by atoms with Crippen molar-refractivity contribution in [1.29, 1.82) is 0 Å². The summed E-state index contributed by atoms with van der Waals surface area (Å²) < 4.78 is 0. The summed E-state index contributed by atoms with van der Waals surface area (Å²) in [7, 11) is 0. The molecule has 0 aromatic carbocycles. The number of hydrogen-bond acceptors (Lipinski definition) is 5. The number of thioether (sulfide) groups is 1. The number of rotatable bonds is 2. The van der Waals surface area contributed by atoms with E-state index >= 15 is 0 Å². The van der Waals surface area contributed by atoms with Crippen LogP contribution in [0.1, 0.15) is 5.69 Å². The molecule has 0 bridgehead atoms. The van der Waals surface area contributed by atoms with Gasteiger partial charge in [-0.2, -0.15) is 0 Å². The fraction of sp³-hybridized carbons (Fsp3) is 0.222. The number of imide groups is 1. The fourth-order valence-electron chi connectivity index (χ4n) is 1.28. The summed E-state index contributed by atoms with van der Waals surface area (Å²) >= 11 is 1.02. The predicted molar refractivity (Wildman–Crippen MR) is 57.1 cm³/mol. The van der Waals surface area contributed by atoms with Crippen LogP contribution in [0.4, 0.5) is 10.6 Å². The number of carbonyl (C=O) groups is 2. The molecule has 1 aromatic heterocycles. The molecule has 0 unspecified atom stereocenters. The van der Waals surface area contributed by atoms with Gasteiger partial charge in [-0.05, 0) is 12.1 Å². The Bertz CT molecular complexity index is 406. The van der Waals surface area contributed by atoms with Crippen molar-refractivity contribution >= 4 is 28.7 Å². The highest BCUT2D eigenvalue weighted by Crippen LogP contribution is 2.20. The molecule has 2 rings (SSSR count). The Labute approximate surface area is 90.7 Å². The smallest absolute Gasteiger partial charge is 0.289 e. The molecular weight excluding hydrogens is 214 g/mol. The third kappa shape index (κ3) is 2.10. The highest BCUT2D eigenvalue weighted by Gasteiger charge is 2.29. The molecule has 15 heavy (non-hydrogen) atoms. The number of nitrogens with zero attached hydrogens (tertiary/aromatic N) is 2. The van der Waals surface area contributed by atoms with Crippen molar-refractivity contribution in [3.8, 4) is 0 Å². The predicted octanol–water partition coefficient (Wildman–Crippen LogP) is 0.859. The quantitative estimate of drug-likeness (QED) is 0.804. The Kier molecular flexibility index (Phi) is 2.59. The van der Waals surface area contributed by atoms with Crippen LogP contribution >= 0.6 is 11.8 Å². The second kappa shape index (κ2) is 3.90. The number of amides is 2. The molecule has 78 valence electrons. The van der Waals surface area contributed by atoms with Crippen LogP contribution in [-0.2, 0) is 11.3 Å². The molecule has 2 amide bonds. The zero-order chi connectivity index (χ0) is 10.8. The van der Waals surface area contributed by atoms with Crippen LogP contribution in [0, 0.1) is 0 Å². The molecule has 1 aliphatic rings. The van der Waals surface area contributed by atoms with Gasteiger partial charge in [0.15, 0.2) is 0 Å². The number of pyridine rings is 1. The summed E-state index contributed by atoms with van der Waals surface area (Å²) in [6.07, 6.45) is 0. The molecular formula is C9H9N3O2S. The standard InChI is InChI=1S/C9H9N3O2S/c10-7-3-1-2-6(11-7)4-12-8(13)5-15-9(12)14/h1-3H,4-5H2,(H2,10,11). The summed E-state index contributed by atoms with van der Waals surface area (Å²) in [5.41, 5.74) is 6.12. The van der Waals surface area contributed by atoms with Gasteiger partial charge in [0.1, 0.15) is 5.82 Å². The minimum atomic E-state index is -0.218. The number of nitrogens with two attached hydrogens (primary N) is 1. The van der Waals surface area contributed by atoms with Gasteiger partial charge in [-0.3, -0.25) is 14.5 Å². The van der Waals surface area contributed by atoms with Gasteiger partial charge < -0.3 is 5.73 Å². The third-order valence-electron chi connectivity index (χ3n) is 1.99. The minimum absolute atomic E-state index is 0.172. The second-order valence-electron chi connectivity index (χ2n) is 3.09. The molecule has 2 heterocycles. The van der Waals surface area contributed by atoms with Gasteiger partial charge >= 0.3 is 0 Å². The Balaban J connectivity index is 2.15. The molecule has 1 saturated heterocycles. The fourth-order valence-corrected chi connectivity index (χ4v) is 2.01. The van der Waals surface area contributed by atoms with Crippen LogP contribution in [-0.4, -0.2) is 26.8 Å². The van der Waals surface area contributed by atoms with E-state index in [2.05, 4.69) is 4.98 Å². The third-order valence-corrected chi connectivity index (χ3v) is 2.85. The lowest BCUT2D eigenvalue weighted by Crippen LogP contribution is -2.28. The van der Waals surface area contributed by atoms with Crippen molar-refractivity contribution in [3.63, 3.8) is 0 Å². The van der Waals surface area contributed by atoms with Crippen molar-refractivity contribution in [2.24, 2.45) is 0 Å². The van der Waals surface area contributed by atoms with Crippen LogP contribution in [0.5, 0.6) is 0 Å². The van der Waals surface area contributed by atoms with Gasteiger partial charge in [0.05, 0.1) is 18.0 Å². The molecule has 5 nitrogen and oxygen atoms in total. The van der Waals surface area contributed by atoms with E-state index in [9.17, 15) is 9.59 Å². The van der Waals surface area contributed by atoms with Gasteiger partial charge in [-0.1, -0.05) is 17.8 Å². The summed E-state index contributed by atoms with van der Waals surface area (Å²) in [5.74, 6) is 0.440. The Morgan fingerprint density at radius 2 is 2.27 bits per heavy atom. The summed E-state index contributed by atoms with van der Waals surface area (Å²) in [6.45, 7) is 0.204. The maximum absolute atomic E-state index is 11.3. The van der Waals surface area contributed by atoms with Gasteiger partial charge in [0.2, 0.25) is 5.91 Å². The highest BCUT2D eigenvalue weighted by molar-refractivity contribution is 8.14. The number of nitrogen functional groups attached to an aromatic ring is 1. The average molecular weight is 223 g/mol. The molecule has 0 spiro atoms. The van der Waals surface area contributed by atoms with Crippen molar-refractivity contribution in [2.45, 2.75) is 6.54 Å². The topological polar surface area (TPSA) is 76.3 Å². The Morgan fingerprint density at radius 3 is 2.87 bits per heavy atom. The van der Waals surface area contributed by atoms with Gasteiger partial charge in [-0.25, -0.2) is 4.98 Å². The van der Waals surface area contributed by atoms with Gasteiger partial charge in [0.25, 0.3) is 5.24 Å². The Hall–Kier alpha value is -1.56. The molecule has 6 heteroatoms. The van der Waals surface area contributed by atoms with E-state index in [1.54, 1.807) is 18.2 Å². The van der Waals surface area contributed by atoms with Crippen LogP contribution in [0.2, 0.25) is 0 Å².